The van der Waals surface area contributed by atoms with E-state index in [1.54, 1.807) is 12.4 Å². The van der Waals surface area contributed by atoms with E-state index in [-0.39, 0.29) is 30.6 Å². The van der Waals surface area contributed by atoms with Gasteiger partial charge in [0.05, 0.1) is 17.4 Å². The lowest BCUT2D eigenvalue weighted by molar-refractivity contribution is 0.182. The van der Waals surface area contributed by atoms with Crippen LogP contribution in [0.15, 0.2) is 36.7 Å². The Morgan fingerprint density at radius 3 is 2.57 bits per heavy atom. The number of hydrogen-bond donors (Lipinski definition) is 1. The van der Waals surface area contributed by atoms with Gasteiger partial charge in [-0.1, -0.05) is 31.4 Å². The molecule has 1 aliphatic carbocycles. The quantitative estimate of drug-likeness (QED) is 0.534. The molecule has 1 fully saturated rings. The number of hydrogen-bond acceptors (Lipinski definition) is 2. The fourth-order valence-electron chi connectivity index (χ4n) is 4.16. The van der Waals surface area contributed by atoms with Crippen molar-refractivity contribution in [2.45, 2.75) is 51.6 Å². The Hall–Kier alpha value is -1.62. The Morgan fingerprint density at radius 1 is 1.11 bits per heavy atom. The van der Waals surface area contributed by atoms with Gasteiger partial charge < -0.3 is 4.98 Å². The number of aromatic amines is 1. The van der Waals surface area contributed by atoms with E-state index in [1.807, 2.05) is 25.1 Å². The monoisotopic (exact) mass is 423 g/mol. The van der Waals surface area contributed by atoms with Crippen molar-refractivity contribution in [2.75, 3.05) is 7.05 Å². The van der Waals surface area contributed by atoms with Crippen LogP contribution in [0, 0.1) is 12.7 Å². The molecule has 6 heteroatoms. The summed E-state index contributed by atoms with van der Waals surface area (Å²) >= 11 is 0. The molecule has 28 heavy (non-hydrogen) atoms. The third-order valence-corrected chi connectivity index (χ3v) is 5.75. The second-order valence-corrected chi connectivity index (χ2v) is 7.60. The van der Waals surface area contributed by atoms with Crippen LogP contribution in [0.5, 0.6) is 0 Å². The third-order valence-electron chi connectivity index (χ3n) is 5.75. The van der Waals surface area contributed by atoms with Gasteiger partial charge in [0, 0.05) is 18.2 Å². The number of nitrogens with one attached hydrogen (secondary N) is 1. The van der Waals surface area contributed by atoms with Gasteiger partial charge in [-0.05, 0) is 61.7 Å². The lowest BCUT2D eigenvalue weighted by Crippen LogP contribution is -2.33. The van der Waals surface area contributed by atoms with E-state index in [1.165, 1.54) is 32.1 Å². The maximum atomic E-state index is 14.8. The third kappa shape index (κ3) is 4.68. The minimum absolute atomic E-state index is 0. The van der Waals surface area contributed by atoms with Crippen molar-refractivity contribution < 1.29 is 4.39 Å². The van der Waals surface area contributed by atoms with Gasteiger partial charge in [-0.25, -0.2) is 9.37 Å². The molecule has 0 spiro atoms. The van der Waals surface area contributed by atoms with Crippen LogP contribution in [-0.2, 0) is 6.54 Å². The first-order chi connectivity index (χ1) is 12.6. The summed E-state index contributed by atoms with van der Waals surface area (Å²) in [5.74, 6) is -0.116. The van der Waals surface area contributed by atoms with E-state index in [9.17, 15) is 4.39 Å². The maximum Gasteiger partial charge on any atom is 0.128 e. The molecule has 0 radical (unpaired) electrons. The minimum atomic E-state index is -0.116. The van der Waals surface area contributed by atoms with Crippen molar-refractivity contribution in [3.05, 3.63) is 53.6 Å². The molecule has 0 aliphatic heterocycles. The van der Waals surface area contributed by atoms with Gasteiger partial charge in [-0.3, -0.25) is 4.90 Å². The first kappa shape index (κ1) is 22.7. The molecule has 1 N–H and O–H groups in total. The van der Waals surface area contributed by atoms with E-state index in [0.29, 0.717) is 12.6 Å². The molecule has 1 heterocycles. The normalized spacial score (nSPS) is 14.7. The zero-order chi connectivity index (χ0) is 18.1. The van der Waals surface area contributed by atoms with Crippen molar-refractivity contribution in [1.29, 1.82) is 0 Å². The first-order valence-corrected chi connectivity index (χ1v) is 9.54. The largest absolute Gasteiger partial charge is 0.345 e. The predicted molar refractivity (Wildman–Crippen MR) is 119 cm³/mol. The molecule has 152 valence electrons. The Morgan fingerprint density at radius 2 is 1.86 bits per heavy atom. The topological polar surface area (TPSA) is 31.9 Å². The number of nitrogens with zero attached hydrogens (tertiary/aromatic N) is 2. The molecule has 1 saturated carbocycles. The maximum absolute atomic E-state index is 14.8. The van der Waals surface area contributed by atoms with Gasteiger partial charge in [0.2, 0.25) is 0 Å². The van der Waals surface area contributed by atoms with Crippen molar-refractivity contribution in [2.24, 2.45) is 0 Å². The molecule has 3 nitrogen and oxygen atoms in total. The van der Waals surface area contributed by atoms with Gasteiger partial charge >= 0.3 is 0 Å². The Bertz CT molecular complexity index is 919. The fourth-order valence-corrected chi connectivity index (χ4v) is 4.16. The highest BCUT2D eigenvalue weighted by Gasteiger charge is 2.19. The molecule has 1 aliphatic rings. The molecule has 0 atom stereocenters. The summed E-state index contributed by atoms with van der Waals surface area (Å²) in [4.78, 5) is 9.74. The standard InChI is InChI=1S/C22H26FN3.2ClH/c1-15-10-21-22(25-14-24-21)12-19(15)16-8-9-17(20(23)11-16)13-26(2)18-6-4-3-5-7-18;;/h8-12,14,18H,3-7,13H2,1-2H3,(H,24,25);2*1H. The van der Waals surface area contributed by atoms with Gasteiger partial charge in [0.25, 0.3) is 0 Å². The van der Waals surface area contributed by atoms with E-state index >= 15 is 0 Å². The second-order valence-electron chi connectivity index (χ2n) is 7.60. The van der Waals surface area contributed by atoms with Crippen LogP contribution >= 0.6 is 24.8 Å². The molecular weight excluding hydrogens is 396 g/mol. The van der Waals surface area contributed by atoms with Crippen molar-refractivity contribution in [1.82, 2.24) is 14.9 Å². The average molecular weight is 424 g/mol. The molecule has 0 bridgehead atoms. The summed E-state index contributed by atoms with van der Waals surface area (Å²) in [6.45, 7) is 2.72. The van der Waals surface area contributed by atoms with Crippen LogP contribution in [0.25, 0.3) is 22.2 Å². The molecule has 2 aromatic carbocycles. The van der Waals surface area contributed by atoms with Crippen LogP contribution in [0.1, 0.15) is 43.2 Å². The number of imidazole rings is 1. The van der Waals surface area contributed by atoms with Gasteiger partial charge in [0.1, 0.15) is 5.82 Å². The van der Waals surface area contributed by atoms with Gasteiger partial charge in [0.15, 0.2) is 0 Å². The Balaban J connectivity index is 0.00000140. The minimum Gasteiger partial charge on any atom is -0.345 e. The number of H-pyrrole nitrogens is 1. The van der Waals surface area contributed by atoms with E-state index in [0.717, 1.165) is 33.3 Å². The second kappa shape index (κ2) is 9.73. The molecule has 0 unspecified atom stereocenters. The summed E-state index contributed by atoms with van der Waals surface area (Å²) in [6, 6.07) is 10.4. The van der Waals surface area contributed by atoms with Gasteiger partial charge in [-0.15, -0.1) is 24.8 Å². The van der Waals surface area contributed by atoms with Crippen LogP contribution in [0.4, 0.5) is 4.39 Å². The molecule has 4 rings (SSSR count). The number of fused-ring (bicyclic) bond motifs is 1. The number of halogens is 3. The fraction of sp³-hybridized carbons (Fsp3) is 0.409. The van der Waals surface area contributed by atoms with Crippen LogP contribution in [-0.4, -0.2) is 28.0 Å². The summed E-state index contributed by atoms with van der Waals surface area (Å²) in [5, 5.41) is 0. The molecule has 1 aromatic heterocycles. The van der Waals surface area contributed by atoms with E-state index < -0.39 is 0 Å². The number of rotatable bonds is 4. The Labute approximate surface area is 178 Å². The lowest BCUT2D eigenvalue weighted by atomic mass is 9.94. The number of benzene rings is 2. The van der Waals surface area contributed by atoms with Crippen LogP contribution in [0.3, 0.4) is 0 Å². The molecule has 0 saturated heterocycles. The highest BCUT2D eigenvalue weighted by atomic mass is 35.5. The van der Waals surface area contributed by atoms with Crippen LogP contribution in [0.2, 0.25) is 0 Å². The molecule has 3 aromatic rings. The number of aromatic nitrogens is 2. The summed E-state index contributed by atoms with van der Waals surface area (Å²) in [6.07, 6.45) is 8.10. The molecule has 0 amide bonds. The zero-order valence-corrected chi connectivity index (χ0v) is 18.0. The van der Waals surface area contributed by atoms with Crippen molar-refractivity contribution in [3.8, 4) is 11.1 Å². The smallest absolute Gasteiger partial charge is 0.128 e. The summed E-state index contributed by atoms with van der Waals surface area (Å²) in [7, 11) is 2.12. The van der Waals surface area contributed by atoms with Crippen LogP contribution < -0.4 is 0 Å². The highest BCUT2D eigenvalue weighted by molar-refractivity contribution is 5.86. The zero-order valence-electron chi connectivity index (χ0n) is 16.4. The first-order valence-electron chi connectivity index (χ1n) is 9.54. The van der Waals surface area contributed by atoms with Crippen molar-refractivity contribution in [3.63, 3.8) is 0 Å². The summed E-state index contributed by atoms with van der Waals surface area (Å²) < 4.78 is 14.8. The highest BCUT2D eigenvalue weighted by Crippen LogP contribution is 2.29. The van der Waals surface area contributed by atoms with E-state index in [2.05, 4.69) is 28.0 Å². The predicted octanol–water partition coefficient (Wildman–Crippen LogP) is 6.29. The number of aryl methyl sites for hydroxylation is 1. The lowest BCUT2D eigenvalue weighted by Gasteiger charge is -2.31. The van der Waals surface area contributed by atoms with E-state index in [4.69, 9.17) is 0 Å². The SMILES string of the molecule is Cc1cc2nc[nH]c2cc1-c1ccc(CN(C)C2CCCCC2)c(F)c1.Cl.Cl. The summed E-state index contributed by atoms with van der Waals surface area (Å²) in [5.41, 5.74) is 5.77. The average Bonchev–Trinajstić information content (AvgIpc) is 3.10. The van der Waals surface area contributed by atoms with Gasteiger partial charge in [-0.2, -0.15) is 0 Å². The molecular formula is C22H28Cl2FN3. The van der Waals surface area contributed by atoms with Crippen molar-refractivity contribution >= 4 is 35.8 Å². The Kier molecular flexibility index (Phi) is 7.87.